The van der Waals surface area contributed by atoms with E-state index in [1.807, 2.05) is 12.1 Å². The number of nitrogens with one attached hydrogen (secondary N) is 2. The minimum absolute atomic E-state index is 0.0254. The van der Waals surface area contributed by atoms with E-state index < -0.39 is 0 Å². The Morgan fingerprint density at radius 1 is 1.22 bits per heavy atom. The minimum atomic E-state index is -0.223. The Kier molecular flexibility index (Phi) is 7.38. The van der Waals surface area contributed by atoms with Crippen LogP contribution < -0.4 is 10.6 Å². The molecule has 0 radical (unpaired) electrons. The topological polar surface area (TPSA) is 64.6 Å². The van der Waals surface area contributed by atoms with E-state index in [0.29, 0.717) is 10.7 Å². The number of benzene rings is 1. The Bertz CT molecular complexity index is 754. The highest BCUT2D eigenvalue weighted by Gasteiger charge is 2.32. The van der Waals surface area contributed by atoms with Gasteiger partial charge in [0.05, 0.1) is 4.34 Å². The van der Waals surface area contributed by atoms with Gasteiger partial charge in [0.15, 0.2) is 0 Å². The number of hydrogen-bond donors (Lipinski definition) is 3. The highest BCUT2D eigenvalue weighted by Crippen LogP contribution is 2.34. The maximum absolute atomic E-state index is 12.5. The second kappa shape index (κ2) is 9.75. The molecule has 2 amide bonds. The zero-order chi connectivity index (χ0) is 19.2. The van der Waals surface area contributed by atoms with Gasteiger partial charge in [-0.25, -0.2) is 4.79 Å². The summed E-state index contributed by atoms with van der Waals surface area (Å²) in [7, 11) is 0. The van der Waals surface area contributed by atoms with Crippen molar-refractivity contribution in [1.82, 2.24) is 10.2 Å². The smallest absolute Gasteiger partial charge is 0.319 e. The number of thiophene rings is 1. The number of urea groups is 1. The molecule has 2 atom stereocenters. The Labute approximate surface area is 173 Å². The summed E-state index contributed by atoms with van der Waals surface area (Å²) in [6, 6.07) is 10.8. The molecule has 0 spiro atoms. The number of amides is 2. The van der Waals surface area contributed by atoms with Gasteiger partial charge in [0.1, 0.15) is 0 Å². The number of halogens is 2. The van der Waals surface area contributed by atoms with Crippen molar-refractivity contribution in [3.05, 3.63) is 50.6 Å². The summed E-state index contributed by atoms with van der Waals surface area (Å²) in [5, 5.41) is 15.7. The Morgan fingerprint density at radius 3 is 2.67 bits per heavy atom. The molecule has 1 aromatic heterocycles. The Morgan fingerprint density at radius 2 is 2.00 bits per heavy atom. The van der Waals surface area contributed by atoms with Crippen molar-refractivity contribution in [2.75, 3.05) is 31.6 Å². The van der Waals surface area contributed by atoms with Gasteiger partial charge in [-0.2, -0.15) is 0 Å². The van der Waals surface area contributed by atoms with Crippen LogP contribution in [0.25, 0.3) is 0 Å². The molecule has 2 unspecified atom stereocenters. The van der Waals surface area contributed by atoms with Gasteiger partial charge in [-0.1, -0.05) is 23.2 Å². The van der Waals surface area contributed by atoms with Crippen molar-refractivity contribution in [2.24, 2.45) is 0 Å². The number of anilines is 1. The van der Waals surface area contributed by atoms with Gasteiger partial charge < -0.3 is 20.6 Å². The van der Waals surface area contributed by atoms with Crippen LogP contribution in [0.3, 0.4) is 0 Å². The number of rotatable bonds is 6. The molecule has 5 nitrogen and oxygen atoms in total. The normalized spacial score (nSPS) is 20.4. The van der Waals surface area contributed by atoms with Crippen molar-refractivity contribution in [1.29, 1.82) is 0 Å². The Hall–Kier alpha value is -1.31. The zero-order valence-electron chi connectivity index (χ0n) is 14.8. The lowest BCUT2D eigenvalue weighted by Crippen LogP contribution is -2.50. The third-order valence-electron chi connectivity index (χ3n) is 4.71. The number of aliphatic hydroxyl groups excluding tert-OH is 1. The van der Waals surface area contributed by atoms with E-state index in [4.69, 9.17) is 28.3 Å². The second-order valence-electron chi connectivity index (χ2n) is 6.63. The molecule has 0 aliphatic carbocycles. The molecule has 1 fully saturated rings. The van der Waals surface area contributed by atoms with Crippen LogP contribution in [0.1, 0.15) is 23.6 Å². The highest BCUT2D eigenvalue weighted by atomic mass is 35.5. The number of aliphatic hydroxyl groups is 1. The second-order valence-corrected chi connectivity index (χ2v) is 8.81. The van der Waals surface area contributed by atoms with E-state index in [-0.39, 0.29) is 24.6 Å². The lowest BCUT2D eigenvalue weighted by molar-refractivity contribution is 0.162. The van der Waals surface area contributed by atoms with Crippen LogP contribution in [0.5, 0.6) is 0 Å². The first kappa shape index (κ1) is 20.4. The first-order valence-corrected chi connectivity index (χ1v) is 10.5. The van der Waals surface area contributed by atoms with E-state index in [0.717, 1.165) is 36.8 Å². The third-order valence-corrected chi connectivity index (χ3v) is 6.32. The minimum Gasteiger partial charge on any atom is -0.396 e. The molecule has 3 rings (SSSR count). The van der Waals surface area contributed by atoms with E-state index in [2.05, 4.69) is 15.5 Å². The fraction of sp³-hybridized carbons (Fsp3) is 0.421. The fourth-order valence-electron chi connectivity index (χ4n) is 3.37. The maximum Gasteiger partial charge on any atom is 0.319 e. The number of nitrogens with zero attached hydrogens (tertiary/aromatic N) is 1. The summed E-state index contributed by atoms with van der Waals surface area (Å²) < 4.78 is 0.752. The summed E-state index contributed by atoms with van der Waals surface area (Å²) in [6.07, 6.45) is 1.60. The highest BCUT2D eigenvalue weighted by molar-refractivity contribution is 7.16. The van der Waals surface area contributed by atoms with Gasteiger partial charge in [-0.15, -0.1) is 11.3 Å². The number of carbonyl (C=O) groups is 1. The Balaban J connectivity index is 1.66. The first-order chi connectivity index (χ1) is 13.0. The molecular formula is C19H23Cl2N3O2S. The van der Waals surface area contributed by atoms with Crippen LogP contribution in [-0.2, 0) is 0 Å². The van der Waals surface area contributed by atoms with Crippen molar-refractivity contribution in [2.45, 2.75) is 24.8 Å². The lowest BCUT2D eigenvalue weighted by Gasteiger charge is -2.38. The molecule has 1 aliphatic rings. The summed E-state index contributed by atoms with van der Waals surface area (Å²) >= 11 is 13.6. The molecule has 1 aromatic carbocycles. The lowest BCUT2D eigenvalue weighted by atomic mass is 9.90. The van der Waals surface area contributed by atoms with Crippen molar-refractivity contribution >= 4 is 46.3 Å². The molecule has 27 heavy (non-hydrogen) atoms. The van der Waals surface area contributed by atoms with Gasteiger partial charge in [0.2, 0.25) is 0 Å². The summed E-state index contributed by atoms with van der Waals surface area (Å²) in [5.41, 5.74) is 0.702. The van der Waals surface area contributed by atoms with Crippen LogP contribution in [0.4, 0.5) is 10.5 Å². The average molecular weight is 428 g/mol. The molecule has 1 saturated heterocycles. The average Bonchev–Trinajstić information content (AvgIpc) is 3.09. The standard InChI is InChI=1S/C19H23Cl2N3O2S/c20-13-2-4-14(5-3-13)22-19(26)23-16-8-10-24(9-1-11-25)12-15(16)17-6-7-18(21)27-17/h2-7,15-16,25H,1,8-12H2,(H2,22,23,26). The molecule has 146 valence electrons. The van der Waals surface area contributed by atoms with Crippen LogP contribution in [-0.4, -0.2) is 48.3 Å². The summed E-state index contributed by atoms with van der Waals surface area (Å²) in [4.78, 5) is 16.0. The van der Waals surface area contributed by atoms with E-state index in [1.54, 1.807) is 35.6 Å². The molecule has 1 aliphatic heterocycles. The van der Waals surface area contributed by atoms with Crippen LogP contribution in [0.15, 0.2) is 36.4 Å². The largest absolute Gasteiger partial charge is 0.396 e. The molecule has 0 bridgehead atoms. The molecule has 0 saturated carbocycles. The molecule has 2 aromatic rings. The molecule has 3 N–H and O–H groups in total. The summed E-state index contributed by atoms with van der Waals surface area (Å²) in [6.45, 7) is 2.78. The van der Waals surface area contributed by atoms with Gasteiger partial charge in [-0.05, 0) is 49.2 Å². The third kappa shape index (κ3) is 5.83. The molecule has 8 heteroatoms. The maximum atomic E-state index is 12.5. The van der Waals surface area contributed by atoms with Crippen molar-refractivity contribution in [3.63, 3.8) is 0 Å². The summed E-state index contributed by atoms with van der Waals surface area (Å²) in [5.74, 6) is 0.172. The number of carbonyl (C=O) groups excluding carboxylic acids is 1. The van der Waals surface area contributed by atoms with Gasteiger partial charge in [-0.3, -0.25) is 0 Å². The van der Waals surface area contributed by atoms with Crippen molar-refractivity contribution in [3.8, 4) is 0 Å². The SMILES string of the molecule is O=C(Nc1ccc(Cl)cc1)NC1CCN(CCCO)CC1c1ccc(Cl)s1. The zero-order valence-corrected chi connectivity index (χ0v) is 17.2. The van der Waals surface area contributed by atoms with E-state index in [1.165, 1.54) is 4.88 Å². The molecular weight excluding hydrogens is 405 g/mol. The predicted octanol–water partition coefficient (Wildman–Crippen LogP) is 4.42. The van der Waals surface area contributed by atoms with Crippen LogP contribution in [0, 0.1) is 0 Å². The monoisotopic (exact) mass is 427 g/mol. The first-order valence-electron chi connectivity index (χ1n) is 8.96. The van der Waals surface area contributed by atoms with Gasteiger partial charge in [0, 0.05) is 53.8 Å². The van der Waals surface area contributed by atoms with Crippen LogP contribution >= 0.6 is 34.5 Å². The quantitative estimate of drug-likeness (QED) is 0.639. The van der Waals surface area contributed by atoms with E-state index >= 15 is 0 Å². The number of likely N-dealkylation sites (tertiary alicyclic amines) is 1. The van der Waals surface area contributed by atoms with Gasteiger partial charge >= 0.3 is 6.03 Å². The number of hydrogen-bond acceptors (Lipinski definition) is 4. The van der Waals surface area contributed by atoms with Gasteiger partial charge in [0.25, 0.3) is 0 Å². The van der Waals surface area contributed by atoms with E-state index in [9.17, 15) is 4.79 Å². The molecule has 2 heterocycles. The predicted molar refractivity (Wildman–Crippen MR) is 112 cm³/mol. The fourth-order valence-corrected chi connectivity index (χ4v) is 4.72. The van der Waals surface area contributed by atoms with Crippen molar-refractivity contribution < 1.29 is 9.90 Å². The van der Waals surface area contributed by atoms with Crippen LogP contribution in [0.2, 0.25) is 9.36 Å². The number of piperidine rings is 1.